The molecule has 3 aliphatic carbocycles. The zero-order valence-corrected chi connectivity index (χ0v) is 21.6. The number of primary amides is 1. The number of Topliss-reactive ketones (excluding diaryl/α,β-unsaturated/α-hetero) is 2. The van der Waals surface area contributed by atoms with E-state index in [2.05, 4.69) is 4.18 Å². The van der Waals surface area contributed by atoms with Crippen molar-refractivity contribution in [1.29, 1.82) is 0 Å². The fourth-order valence-corrected chi connectivity index (χ4v) is 5.51. The smallest absolute Gasteiger partial charge is 0.397 e. The number of aromatic hydroxyl groups is 1. The van der Waals surface area contributed by atoms with E-state index in [1.807, 2.05) is 0 Å². The summed E-state index contributed by atoms with van der Waals surface area (Å²) in [7, 11) is -0.229. The minimum Gasteiger partial charge on any atom is -0.510 e. The summed E-state index contributed by atoms with van der Waals surface area (Å²) in [5.74, 6) is -7.89. The highest BCUT2D eigenvalue weighted by Gasteiger charge is 2.65. The lowest BCUT2D eigenvalue weighted by atomic mass is 9.55. The van der Waals surface area contributed by atoms with Gasteiger partial charge in [-0.2, -0.15) is 8.42 Å². The van der Waals surface area contributed by atoms with Crippen LogP contribution in [0.2, 0.25) is 0 Å². The number of phenols is 1. The maximum atomic E-state index is 13.3. The van der Waals surface area contributed by atoms with Gasteiger partial charge in [0.1, 0.15) is 22.8 Å². The molecule has 0 spiro atoms. The van der Waals surface area contributed by atoms with Crippen LogP contribution >= 0.6 is 0 Å². The molecule has 0 heterocycles. The van der Waals surface area contributed by atoms with Gasteiger partial charge in [0.25, 0.3) is 5.91 Å². The van der Waals surface area contributed by atoms with Crippen LogP contribution in [0.15, 0.2) is 40.9 Å². The van der Waals surface area contributed by atoms with E-state index in [1.165, 1.54) is 44.1 Å². The van der Waals surface area contributed by atoms with Gasteiger partial charge in [0.2, 0.25) is 5.78 Å². The summed E-state index contributed by atoms with van der Waals surface area (Å²) in [6.07, 6.45) is -0.200. The van der Waals surface area contributed by atoms with Crippen LogP contribution in [0.4, 0.5) is 0 Å². The van der Waals surface area contributed by atoms with Gasteiger partial charge in [-0.3, -0.25) is 28.0 Å². The van der Waals surface area contributed by atoms with Crippen molar-refractivity contribution in [2.75, 3.05) is 21.2 Å². The Morgan fingerprint density at radius 1 is 1.16 bits per heavy atom. The third-order valence-electron chi connectivity index (χ3n) is 7.23. The molecule has 0 fully saturated rings. The molecule has 15 heteroatoms. The van der Waals surface area contributed by atoms with E-state index in [-0.39, 0.29) is 17.5 Å². The molecule has 5 atom stereocenters. The quantitative estimate of drug-likeness (QED) is 0.179. The predicted octanol–water partition coefficient (Wildman–Crippen LogP) is -0.779. The summed E-state index contributed by atoms with van der Waals surface area (Å²) in [5.41, 5.74) is -0.654. The van der Waals surface area contributed by atoms with Crippen LogP contribution in [0.25, 0.3) is 0 Å². The Morgan fingerprint density at radius 3 is 2.18 bits per heavy atom. The minimum atomic E-state index is -4.16. The molecule has 1 aromatic carbocycles. The second-order valence-electron chi connectivity index (χ2n) is 9.56. The first-order valence-corrected chi connectivity index (χ1v) is 12.4. The van der Waals surface area contributed by atoms with Crippen molar-refractivity contribution in [2.45, 2.75) is 30.6 Å². The lowest BCUT2D eigenvalue weighted by Gasteiger charge is -2.52. The van der Waals surface area contributed by atoms with Crippen molar-refractivity contribution in [3.8, 4) is 5.75 Å². The first kappa shape index (κ1) is 29.2. The van der Waals surface area contributed by atoms with Crippen LogP contribution in [0.5, 0.6) is 5.75 Å². The average molecular weight is 557 g/mol. The van der Waals surface area contributed by atoms with Gasteiger partial charge in [-0.15, -0.1) is 0 Å². The molecule has 4 rings (SSSR count). The first-order chi connectivity index (χ1) is 17.3. The second-order valence-corrected chi connectivity index (χ2v) is 10.7. The number of likely N-dealkylation sites (N-methyl/N-ethyl adjacent to an activating group) is 1. The summed E-state index contributed by atoms with van der Waals surface area (Å²) in [6, 6.07) is 3.05. The van der Waals surface area contributed by atoms with Crippen molar-refractivity contribution in [3.05, 3.63) is 52.0 Å². The maximum Gasteiger partial charge on any atom is 0.397 e. The van der Waals surface area contributed by atoms with Crippen molar-refractivity contribution in [2.24, 2.45) is 17.6 Å². The number of aliphatic hydroxyl groups excluding tert-OH is 2. The number of carbonyl (C=O) groups is 3. The lowest BCUT2D eigenvalue weighted by Crippen LogP contribution is -2.65. The number of fused-ring (bicyclic) bond motifs is 3. The van der Waals surface area contributed by atoms with E-state index in [0.29, 0.717) is 0 Å². The van der Waals surface area contributed by atoms with Crippen LogP contribution in [0, 0.1) is 11.8 Å². The highest BCUT2D eigenvalue weighted by atomic mass is 32.3. The monoisotopic (exact) mass is 556 g/mol. The molecule has 8 N–H and O–H groups in total. The SMILES string of the molecule is CN(C)[C@@H]1C(O)=C(C(N)=O)C(=O)[C@@]2(O)C(O)=C3C(=O)c4c(O)cccc4[C@@](C)(O)[C@H]3C[C@@H]12.COS(=O)(=O)O. The molecule has 3 aliphatic rings. The Labute approximate surface area is 217 Å². The number of hydrogen-bond acceptors (Lipinski definition) is 12. The molecule has 0 aromatic heterocycles. The molecule has 0 saturated carbocycles. The summed E-state index contributed by atoms with van der Waals surface area (Å²) >= 11 is 0. The normalized spacial score (nSPS) is 30.8. The summed E-state index contributed by atoms with van der Waals surface area (Å²) in [6.45, 7) is 1.40. The second kappa shape index (κ2) is 9.44. The molecule has 0 unspecified atom stereocenters. The van der Waals surface area contributed by atoms with Gasteiger partial charge in [0.05, 0.1) is 24.3 Å². The van der Waals surface area contributed by atoms with Gasteiger partial charge in [-0.05, 0) is 39.1 Å². The average Bonchev–Trinajstić information content (AvgIpc) is 2.79. The number of nitrogens with two attached hydrogens (primary N) is 1. The van der Waals surface area contributed by atoms with Gasteiger partial charge in [0.15, 0.2) is 11.4 Å². The highest BCUT2D eigenvalue weighted by molar-refractivity contribution is 7.80. The summed E-state index contributed by atoms with van der Waals surface area (Å²) in [5, 5.41) is 55.0. The molecule has 0 aliphatic heterocycles. The molecule has 0 saturated heterocycles. The molecular formula is C23H28N2O12S. The predicted molar refractivity (Wildman–Crippen MR) is 128 cm³/mol. The zero-order valence-electron chi connectivity index (χ0n) is 20.7. The minimum absolute atomic E-state index is 0.135. The zero-order chi connectivity index (χ0) is 29.1. The Balaban J connectivity index is 0.000000599. The van der Waals surface area contributed by atoms with E-state index < -0.39 is 85.4 Å². The molecule has 1 amide bonds. The third kappa shape index (κ3) is 4.26. The number of ketones is 2. The molecule has 1 aromatic rings. The number of nitrogens with zero attached hydrogens (tertiary/aromatic N) is 1. The standard InChI is InChI=1S/C22H24N2O8.CH4O4S/c1-21(31)8-5-4-6-11(25)12(8)16(26)13-9(21)7-10-15(24(2)3)17(27)14(20(23)30)19(29)22(10,32)18(13)28;1-5-6(2,3)4/h4-6,9-10,15,25,27-28,31-32H,7H2,1-3H3,(H2,23,30);1H3,(H,2,3,4)/t9-,10-,15-,21+,22-;/m0./s1. The van der Waals surface area contributed by atoms with Crippen LogP contribution in [0.3, 0.4) is 0 Å². The Bertz CT molecular complexity index is 1390. The molecule has 0 radical (unpaired) electrons. The molecule has 38 heavy (non-hydrogen) atoms. The van der Waals surface area contributed by atoms with Gasteiger partial charge < -0.3 is 31.3 Å². The van der Waals surface area contributed by atoms with Gasteiger partial charge in [-0.1, -0.05) is 12.1 Å². The highest BCUT2D eigenvalue weighted by Crippen LogP contribution is 2.56. The number of phenolic OH excluding ortho intramolecular Hbond substituents is 1. The van der Waals surface area contributed by atoms with Crippen LogP contribution in [0.1, 0.15) is 29.3 Å². The number of rotatable bonds is 3. The first-order valence-electron chi connectivity index (χ1n) is 11.1. The van der Waals surface area contributed by atoms with Crippen LogP contribution < -0.4 is 5.73 Å². The number of hydrogen-bond donors (Lipinski definition) is 7. The van der Waals surface area contributed by atoms with E-state index in [9.17, 15) is 48.3 Å². The van der Waals surface area contributed by atoms with E-state index in [1.54, 1.807) is 0 Å². The maximum absolute atomic E-state index is 13.3. The van der Waals surface area contributed by atoms with E-state index in [0.717, 1.165) is 7.11 Å². The Hall–Kier alpha value is -3.34. The van der Waals surface area contributed by atoms with Crippen LogP contribution in [-0.2, 0) is 29.8 Å². The van der Waals surface area contributed by atoms with Gasteiger partial charge in [-0.25, -0.2) is 0 Å². The van der Waals surface area contributed by atoms with Crippen LogP contribution in [-0.4, -0.2) is 93.7 Å². The molecule has 0 bridgehead atoms. The fourth-order valence-electron chi connectivity index (χ4n) is 5.51. The van der Waals surface area contributed by atoms with Gasteiger partial charge in [0, 0.05) is 17.4 Å². The Kier molecular flexibility index (Phi) is 7.26. The van der Waals surface area contributed by atoms with E-state index in [4.69, 9.17) is 10.3 Å². The lowest BCUT2D eigenvalue weighted by molar-refractivity contribution is -0.151. The van der Waals surface area contributed by atoms with Crippen molar-refractivity contribution in [3.63, 3.8) is 0 Å². The molecular weight excluding hydrogens is 528 g/mol. The van der Waals surface area contributed by atoms with Gasteiger partial charge >= 0.3 is 10.4 Å². The number of amides is 1. The van der Waals surface area contributed by atoms with E-state index >= 15 is 0 Å². The summed E-state index contributed by atoms with van der Waals surface area (Å²) in [4.78, 5) is 39.9. The largest absolute Gasteiger partial charge is 0.510 e. The number of aliphatic hydroxyl groups is 4. The summed E-state index contributed by atoms with van der Waals surface area (Å²) < 4.78 is 29.7. The number of carbonyl (C=O) groups excluding carboxylic acids is 3. The Morgan fingerprint density at radius 2 is 1.71 bits per heavy atom. The number of benzene rings is 1. The molecule has 208 valence electrons. The van der Waals surface area contributed by atoms with Crippen molar-refractivity contribution in [1.82, 2.24) is 4.90 Å². The topological polar surface area (TPSA) is 245 Å². The fraction of sp³-hybridized carbons (Fsp3) is 0.435. The van der Waals surface area contributed by atoms with Crippen molar-refractivity contribution < 1.29 is 57.1 Å². The van der Waals surface area contributed by atoms with Crippen molar-refractivity contribution >= 4 is 27.9 Å². The molecule has 14 nitrogen and oxygen atoms in total. The third-order valence-corrected chi connectivity index (χ3v) is 7.65.